The fraction of sp³-hybridized carbons (Fsp3) is 0.308. The maximum Gasteiger partial charge on any atom is 0.220 e. The number of hydrogen-bond acceptors (Lipinski definition) is 5. The van der Waals surface area contributed by atoms with Gasteiger partial charge in [0.15, 0.2) is 11.5 Å². The van der Waals surface area contributed by atoms with Crippen LogP contribution < -0.4 is 10.2 Å². The molecule has 1 amide bonds. The first-order valence-corrected chi connectivity index (χ1v) is 11.5. The largest absolute Gasteiger partial charge is 0.372 e. The summed E-state index contributed by atoms with van der Waals surface area (Å²) < 4.78 is 1.74. The third-order valence-electron chi connectivity index (χ3n) is 5.68. The lowest BCUT2D eigenvalue weighted by Crippen LogP contribution is -2.30. The summed E-state index contributed by atoms with van der Waals surface area (Å²) >= 11 is 0. The molecule has 0 aliphatic carbocycles. The first kappa shape index (κ1) is 22.5. The van der Waals surface area contributed by atoms with Gasteiger partial charge in [-0.05, 0) is 44.5 Å². The first-order chi connectivity index (χ1) is 16.1. The Kier molecular flexibility index (Phi) is 7.29. The van der Waals surface area contributed by atoms with E-state index in [2.05, 4.69) is 70.7 Å². The summed E-state index contributed by atoms with van der Waals surface area (Å²) in [5.41, 5.74) is 4.99. The Bertz CT molecular complexity index is 1190. The second kappa shape index (κ2) is 10.7. The van der Waals surface area contributed by atoms with E-state index >= 15 is 0 Å². The molecule has 2 heterocycles. The van der Waals surface area contributed by atoms with Crippen LogP contribution >= 0.6 is 0 Å². The summed E-state index contributed by atoms with van der Waals surface area (Å²) in [4.78, 5) is 14.7. The molecule has 0 aliphatic heterocycles. The van der Waals surface area contributed by atoms with Crippen LogP contribution in [0.3, 0.4) is 0 Å². The molecule has 7 nitrogen and oxygen atoms in total. The molecule has 0 aliphatic rings. The van der Waals surface area contributed by atoms with E-state index < -0.39 is 0 Å². The summed E-state index contributed by atoms with van der Waals surface area (Å²) in [6.45, 7) is 6.70. The Morgan fingerprint density at radius 1 is 1.00 bits per heavy atom. The Labute approximate surface area is 194 Å². The van der Waals surface area contributed by atoms with Crippen LogP contribution in [0.25, 0.3) is 16.9 Å². The van der Waals surface area contributed by atoms with Crippen molar-refractivity contribution in [2.75, 3.05) is 24.5 Å². The SMILES string of the molecule is CCN(CCCNC(=O)CCc1nnc2ccc(-c3ccc(C)cc3)nn12)c1ccccc1. The van der Waals surface area contributed by atoms with Crippen LogP contribution in [0.4, 0.5) is 5.69 Å². The maximum atomic E-state index is 12.4. The van der Waals surface area contributed by atoms with Gasteiger partial charge in [-0.15, -0.1) is 10.2 Å². The number of hydrogen-bond donors (Lipinski definition) is 1. The zero-order chi connectivity index (χ0) is 23.0. The number of benzene rings is 2. The second-order valence-corrected chi connectivity index (χ2v) is 8.09. The van der Waals surface area contributed by atoms with Gasteiger partial charge in [0.1, 0.15) is 0 Å². The van der Waals surface area contributed by atoms with Crippen molar-refractivity contribution in [3.8, 4) is 11.3 Å². The summed E-state index contributed by atoms with van der Waals surface area (Å²) in [5.74, 6) is 0.708. The van der Waals surface area contributed by atoms with Crippen molar-refractivity contribution in [3.63, 3.8) is 0 Å². The van der Waals surface area contributed by atoms with E-state index in [0.717, 1.165) is 30.8 Å². The molecule has 2 aromatic heterocycles. The minimum atomic E-state index is 0.0178. The normalized spacial score (nSPS) is 11.0. The molecule has 0 saturated heterocycles. The molecule has 170 valence electrons. The standard InChI is InChI=1S/C26H30N6O/c1-3-31(22-8-5-4-6-9-22)19-7-18-27-26(33)17-16-25-29-28-24-15-14-23(30-32(24)25)21-12-10-20(2)11-13-21/h4-6,8-15H,3,7,16-19H2,1-2H3,(H,27,33). The van der Waals surface area contributed by atoms with Crippen LogP contribution in [0.2, 0.25) is 0 Å². The third kappa shape index (κ3) is 5.74. The smallest absolute Gasteiger partial charge is 0.220 e. The highest BCUT2D eigenvalue weighted by molar-refractivity contribution is 5.76. The van der Waals surface area contributed by atoms with E-state index in [-0.39, 0.29) is 5.91 Å². The average Bonchev–Trinajstić information content (AvgIpc) is 3.26. The molecule has 0 unspecified atom stereocenters. The Hall–Kier alpha value is -3.74. The number of para-hydroxylation sites is 1. The molecule has 0 fully saturated rings. The molecule has 1 N–H and O–H groups in total. The zero-order valence-electron chi connectivity index (χ0n) is 19.2. The van der Waals surface area contributed by atoms with Crippen molar-refractivity contribution in [3.05, 3.63) is 78.1 Å². The number of nitrogens with zero attached hydrogens (tertiary/aromatic N) is 5. The second-order valence-electron chi connectivity index (χ2n) is 8.09. The molecule has 7 heteroatoms. The molecule has 0 saturated carbocycles. The van der Waals surface area contributed by atoms with E-state index in [0.29, 0.717) is 30.9 Å². The number of nitrogens with one attached hydrogen (secondary N) is 1. The van der Waals surface area contributed by atoms with E-state index in [1.54, 1.807) is 4.52 Å². The predicted octanol–water partition coefficient (Wildman–Crippen LogP) is 4.07. The van der Waals surface area contributed by atoms with Crippen LogP contribution in [0, 0.1) is 6.92 Å². The van der Waals surface area contributed by atoms with Crippen LogP contribution in [0.5, 0.6) is 0 Å². The van der Waals surface area contributed by atoms with Gasteiger partial charge in [0.2, 0.25) is 5.91 Å². The number of aryl methyl sites for hydroxylation is 2. The van der Waals surface area contributed by atoms with Gasteiger partial charge in [-0.2, -0.15) is 9.61 Å². The number of anilines is 1. The lowest BCUT2D eigenvalue weighted by molar-refractivity contribution is -0.121. The Morgan fingerprint density at radius 2 is 1.79 bits per heavy atom. The van der Waals surface area contributed by atoms with E-state index in [1.165, 1.54) is 11.3 Å². The quantitative estimate of drug-likeness (QED) is 0.375. The summed E-state index contributed by atoms with van der Waals surface area (Å²) in [6, 6.07) is 22.4. The molecule has 4 aromatic rings. The highest BCUT2D eigenvalue weighted by Gasteiger charge is 2.11. The number of amides is 1. The molecule has 0 atom stereocenters. The topological polar surface area (TPSA) is 75.4 Å². The highest BCUT2D eigenvalue weighted by atomic mass is 16.1. The molecule has 0 bridgehead atoms. The van der Waals surface area contributed by atoms with Crippen molar-refractivity contribution < 1.29 is 4.79 Å². The molecule has 0 spiro atoms. The Balaban J connectivity index is 1.28. The summed E-state index contributed by atoms with van der Waals surface area (Å²) in [5, 5.41) is 16.2. The number of fused-ring (bicyclic) bond motifs is 1. The minimum Gasteiger partial charge on any atom is -0.372 e. The molecule has 33 heavy (non-hydrogen) atoms. The predicted molar refractivity (Wildman–Crippen MR) is 131 cm³/mol. The molecular formula is C26H30N6O. The molecule has 0 radical (unpaired) electrons. The van der Waals surface area contributed by atoms with Crippen molar-refractivity contribution >= 4 is 17.2 Å². The van der Waals surface area contributed by atoms with Gasteiger partial charge in [-0.3, -0.25) is 4.79 Å². The number of rotatable bonds is 10. The summed E-state index contributed by atoms with van der Waals surface area (Å²) in [7, 11) is 0. The van der Waals surface area contributed by atoms with Crippen LogP contribution in [-0.2, 0) is 11.2 Å². The number of carbonyl (C=O) groups is 1. The van der Waals surface area contributed by atoms with Crippen LogP contribution in [-0.4, -0.2) is 45.4 Å². The zero-order valence-corrected chi connectivity index (χ0v) is 19.2. The average molecular weight is 443 g/mol. The van der Waals surface area contributed by atoms with Crippen molar-refractivity contribution in [1.29, 1.82) is 0 Å². The molecule has 4 rings (SSSR count). The molecular weight excluding hydrogens is 412 g/mol. The lowest BCUT2D eigenvalue weighted by atomic mass is 10.1. The van der Waals surface area contributed by atoms with Crippen molar-refractivity contribution in [2.45, 2.75) is 33.1 Å². The van der Waals surface area contributed by atoms with E-state index in [1.807, 2.05) is 30.3 Å². The monoisotopic (exact) mass is 442 g/mol. The van der Waals surface area contributed by atoms with Gasteiger partial charge in [-0.1, -0.05) is 48.0 Å². The lowest BCUT2D eigenvalue weighted by Gasteiger charge is -2.23. The number of aromatic nitrogens is 4. The fourth-order valence-electron chi connectivity index (χ4n) is 3.79. The van der Waals surface area contributed by atoms with Crippen molar-refractivity contribution in [1.82, 2.24) is 25.1 Å². The van der Waals surface area contributed by atoms with Gasteiger partial charge in [0.25, 0.3) is 0 Å². The maximum absolute atomic E-state index is 12.4. The molecule has 2 aromatic carbocycles. The van der Waals surface area contributed by atoms with Gasteiger partial charge >= 0.3 is 0 Å². The summed E-state index contributed by atoms with van der Waals surface area (Å²) in [6.07, 6.45) is 1.74. The van der Waals surface area contributed by atoms with E-state index in [4.69, 9.17) is 5.10 Å². The van der Waals surface area contributed by atoms with Gasteiger partial charge < -0.3 is 10.2 Å². The third-order valence-corrected chi connectivity index (χ3v) is 5.68. The Morgan fingerprint density at radius 3 is 2.55 bits per heavy atom. The van der Waals surface area contributed by atoms with Gasteiger partial charge in [0, 0.05) is 43.7 Å². The van der Waals surface area contributed by atoms with Crippen LogP contribution in [0.15, 0.2) is 66.7 Å². The van der Waals surface area contributed by atoms with Gasteiger partial charge in [0.05, 0.1) is 5.69 Å². The van der Waals surface area contributed by atoms with Crippen LogP contribution in [0.1, 0.15) is 31.2 Å². The highest BCUT2D eigenvalue weighted by Crippen LogP contribution is 2.18. The number of carbonyl (C=O) groups excluding carboxylic acids is 1. The van der Waals surface area contributed by atoms with E-state index in [9.17, 15) is 4.79 Å². The first-order valence-electron chi connectivity index (χ1n) is 11.5. The fourth-order valence-corrected chi connectivity index (χ4v) is 3.79. The van der Waals surface area contributed by atoms with Gasteiger partial charge in [-0.25, -0.2) is 0 Å². The van der Waals surface area contributed by atoms with Crippen molar-refractivity contribution in [2.24, 2.45) is 0 Å². The minimum absolute atomic E-state index is 0.0178.